The van der Waals surface area contributed by atoms with Gasteiger partial charge < -0.3 is 5.11 Å². The van der Waals surface area contributed by atoms with E-state index in [1.54, 1.807) is 24.3 Å². The molecule has 0 spiro atoms. The van der Waals surface area contributed by atoms with Gasteiger partial charge in [-0.25, -0.2) is 4.79 Å². The second-order valence-corrected chi connectivity index (χ2v) is 3.51. The van der Waals surface area contributed by atoms with Crippen molar-refractivity contribution in [2.24, 2.45) is 0 Å². The maximum Gasteiger partial charge on any atom is 0.328 e. The molecule has 0 amide bonds. The average Bonchev–Trinajstić information content (AvgIpc) is 2.32. The number of benzene rings is 1. The second kappa shape index (κ2) is 4.17. The fourth-order valence-corrected chi connectivity index (χ4v) is 1.62. The van der Waals surface area contributed by atoms with E-state index in [0.29, 0.717) is 11.1 Å². The summed E-state index contributed by atoms with van der Waals surface area (Å²) < 4.78 is 0. The number of hydrogen-bond donors (Lipinski definition) is 1. The lowest BCUT2D eigenvalue weighted by atomic mass is 9.89. The highest BCUT2D eigenvalue weighted by atomic mass is 16.4. The quantitative estimate of drug-likeness (QED) is 0.781. The molecule has 1 aliphatic rings. The molecule has 0 bridgehead atoms. The smallest absolute Gasteiger partial charge is 0.328 e. The Labute approximate surface area is 96.9 Å². The van der Waals surface area contributed by atoms with Gasteiger partial charge in [0.25, 0.3) is 0 Å². The standard InChI is InChI=1S/C13H8O4/c14-11-7-8(5-6-12(15)16)13(17)10-4-2-1-3-9(10)11/h1-7H,(H,15,16)/b6-5+. The first-order valence-electron chi connectivity index (χ1n) is 4.90. The molecule has 1 aromatic carbocycles. The fourth-order valence-electron chi connectivity index (χ4n) is 1.62. The minimum absolute atomic E-state index is 0.0936. The summed E-state index contributed by atoms with van der Waals surface area (Å²) >= 11 is 0. The van der Waals surface area contributed by atoms with Crippen LogP contribution >= 0.6 is 0 Å². The molecule has 1 aromatic rings. The summed E-state index contributed by atoms with van der Waals surface area (Å²) in [6.07, 6.45) is 3.13. The molecule has 1 N–H and O–H groups in total. The SMILES string of the molecule is O=C(O)/C=C/C1=CC(=O)c2ccccc2C1=O. The Morgan fingerprint density at radius 2 is 1.76 bits per heavy atom. The molecule has 0 aromatic heterocycles. The zero-order chi connectivity index (χ0) is 12.4. The highest BCUT2D eigenvalue weighted by molar-refractivity contribution is 6.25. The maximum atomic E-state index is 11.9. The number of rotatable bonds is 2. The number of hydrogen-bond acceptors (Lipinski definition) is 3. The molecule has 1 aliphatic carbocycles. The topological polar surface area (TPSA) is 71.4 Å². The van der Waals surface area contributed by atoms with Crippen molar-refractivity contribution >= 4 is 17.5 Å². The molecular formula is C13H8O4. The van der Waals surface area contributed by atoms with Gasteiger partial charge in [-0.2, -0.15) is 0 Å². The Kier molecular flexibility index (Phi) is 2.70. The molecule has 0 fully saturated rings. The second-order valence-electron chi connectivity index (χ2n) is 3.51. The van der Waals surface area contributed by atoms with Gasteiger partial charge >= 0.3 is 5.97 Å². The summed E-state index contributed by atoms with van der Waals surface area (Å²) in [7, 11) is 0. The minimum atomic E-state index is -1.16. The van der Waals surface area contributed by atoms with Crippen molar-refractivity contribution in [3.63, 3.8) is 0 Å². The third kappa shape index (κ3) is 2.06. The Morgan fingerprint density at radius 1 is 1.12 bits per heavy atom. The minimum Gasteiger partial charge on any atom is -0.478 e. The molecule has 0 saturated carbocycles. The molecule has 84 valence electrons. The van der Waals surface area contributed by atoms with Crippen LogP contribution in [0.4, 0.5) is 0 Å². The van der Waals surface area contributed by atoms with E-state index in [9.17, 15) is 14.4 Å². The summed E-state index contributed by atoms with van der Waals surface area (Å²) in [5.41, 5.74) is 0.756. The van der Waals surface area contributed by atoms with Gasteiger partial charge in [0.15, 0.2) is 11.6 Å². The van der Waals surface area contributed by atoms with Gasteiger partial charge in [0, 0.05) is 22.8 Å². The van der Waals surface area contributed by atoms with E-state index in [1.807, 2.05) is 0 Å². The van der Waals surface area contributed by atoms with Gasteiger partial charge in [0.05, 0.1) is 0 Å². The van der Waals surface area contributed by atoms with Crippen LogP contribution in [0.5, 0.6) is 0 Å². The van der Waals surface area contributed by atoms with E-state index in [-0.39, 0.29) is 17.1 Å². The van der Waals surface area contributed by atoms with E-state index < -0.39 is 5.97 Å². The largest absolute Gasteiger partial charge is 0.478 e. The molecule has 0 aliphatic heterocycles. The number of fused-ring (bicyclic) bond motifs is 1. The number of allylic oxidation sites excluding steroid dienone is 3. The van der Waals surface area contributed by atoms with E-state index in [1.165, 1.54) is 0 Å². The van der Waals surface area contributed by atoms with Gasteiger partial charge in [-0.05, 0) is 12.2 Å². The lowest BCUT2D eigenvalue weighted by molar-refractivity contribution is -0.131. The van der Waals surface area contributed by atoms with E-state index in [2.05, 4.69) is 0 Å². The molecule has 0 saturated heterocycles. The Balaban J connectivity index is 2.45. The number of ketones is 2. The lowest BCUT2D eigenvalue weighted by Gasteiger charge is -2.11. The number of carboxylic acid groups (broad SMARTS) is 1. The van der Waals surface area contributed by atoms with Gasteiger partial charge in [-0.1, -0.05) is 24.3 Å². The van der Waals surface area contributed by atoms with Crippen molar-refractivity contribution in [1.29, 1.82) is 0 Å². The van der Waals surface area contributed by atoms with Crippen LogP contribution in [0.1, 0.15) is 20.7 Å². The zero-order valence-electron chi connectivity index (χ0n) is 8.71. The van der Waals surface area contributed by atoms with E-state index in [0.717, 1.165) is 18.2 Å². The molecule has 0 atom stereocenters. The van der Waals surface area contributed by atoms with Crippen molar-refractivity contribution in [2.75, 3.05) is 0 Å². The third-order valence-electron chi connectivity index (χ3n) is 2.39. The fraction of sp³-hybridized carbons (Fsp3) is 0. The molecular weight excluding hydrogens is 220 g/mol. The highest BCUT2D eigenvalue weighted by Gasteiger charge is 2.23. The van der Waals surface area contributed by atoms with Crippen LogP contribution in [0.3, 0.4) is 0 Å². The lowest BCUT2D eigenvalue weighted by Crippen LogP contribution is -2.15. The van der Waals surface area contributed by atoms with E-state index >= 15 is 0 Å². The zero-order valence-corrected chi connectivity index (χ0v) is 8.71. The Morgan fingerprint density at radius 3 is 2.41 bits per heavy atom. The van der Waals surface area contributed by atoms with Crippen molar-refractivity contribution in [3.05, 3.63) is 59.2 Å². The molecule has 4 nitrogen and oxygen atoms in total. The first-order valence-corrected chi connectivity index (χ1v) is 4.90. The number of carboxylic acids is 1. The Hall–Kier alpha value is -2.49. The first kappa shape index (κ1) is 11.0. The predicted molar refractivity (Wildman–Crippen MR) is 60.0 cm³/mol. The predicted octanol–water partition coefficient (Wildman–Crippen LogP) is 1.63. The van der Waals surface area contributed by atoms with Crippen molar-refractivity contribution in [3.8, 4) is 0 Å². The highest BCUT2D eigenvalue weighted by Crippen LogP contribution is 2.21. The number of Topliss-reactive ketones (excluding diaryl/α,β-unsaturated/α-hetero) is 1. The molecule has 0 heterocycles. The summed E-state index contributed by atoms with van der Waals surface area (Å²) in [5, 5.41) is 8.48. The molecule has 17 heavy (non-hydrogen) atoms. The van der Waals surface area contributed by atoms with Crippen LogP contribution in [0.2, 0.25) is 0 Å². The maximum absolute atomic E-state index is 11.9. The number of carbonyl (C=O) groups is 3. The number of carbonyl (C=O) groups excluding carboxylic acids is 2. The van der Waals surface area contributed by atoms with Crippen LogP contribution in [0.25, 0.3) is 0 Å². The molecule has 0 radical (unpaired) electrons. The van der Waals surface area contributed by atoms with Gasteiger partial charge in [0.2, 0.25) is 0 Å². The van der Waals surface area contributed by atoms with Gasteiger partial charge in [0.1, 0.15) is 0 Å². The Bertz CT molecular complexity index is 579. The van der Waals surface area contributed by atoms with Gasteiger partial charge in [-0.15, -0.1) is 0 Å². The summed E-state index contributed by atoms with van der Waals surface area (Å²) in [6.45, 7) is 0. The molecule has 0 unspecified atom stereocenters. The molecule has 2 rings (SSSR count). The first-order chi connectivity index (χ1) is 8.09. The van der Waals surface area contributed by atoms with Gasteiger partial charge in [-0.3, -0.25) is 9.59 Å². The van der Waals surface area contributed by atoms with Crippen LogP contribution in [-0.4, -0.2) is 22.6 Å². The van der Waals surface area contributed by atoms with Crippen molar-refractivity contribution in [2.45, 2.75) is 0 Å². The number of aliphatic carboxylic acids is 1. The van der Waals surface area contributed by atoms with Crippen molar-refractivity contribution < 1.29 is 19.5 Å². The summed E-state index contributed by atoms with van der Waals surface area (Å²) in [5.74, 6) is -1.78. The van der Waals surface area contributed by atoms with Crippen LogP contribution < -0.4 is 0 Å². The summed E-state index contributed by atoms with van der Waals surface area (Å²) in [4.78, 5) is 34.0. The third-order valence-corrected chi connectivity index (χ3v) is 2.39. The van der Waals surface area contributed by atoms with E-state index in [4.69, 9.17) is 5.11 Å². The monoisotopic (exact) mass is 228 g/mol. The summed E-state index contributed by atoms with van der Waals surface area (Å²) in [6, 6.07) is 6.46. The van der Waals surface area contributed by atoms with Crippen LogP contribution in [0.15, 0.2) is 48.1 Å². The van der Waals surface area contributed by atoms with Crippen LogP contribution in [-0.2, 0) is 4.79 Å². The van der Waals surface area contributed by atoms with Crippen LogP contribution in [0, 0.1) is 0 Å². The normalized spacial score (nSPS) is 14.7. The average molecular weight is 228 g/mol. The molecule has 4 heteroatoms. The van der Waals surface area contributed by atoms with Crippen molar-refractivity contribution in [1.82, 2.24) is 0 Å².